The van der Waals surface area contributed by atoms with Crippen molar-refractivity contribution in [2.24, 2.45) is 5.92 Å². The molecule has 1 aliphatic heterocycles. The second-order valence-electron chi connectivity index (χ2n) is 5.32. The van der Waals surface area contributed by atoms with Crippen LogP contribution in [0.5, 0.6) is 5.75 Å². The van der Waals surface area contributed by atoms with Crippen LogP contribution in [0, 0.1) is 5.92 Å². The summed E-state index contributed by atoms with van der Waals surface area (Å²) >= 11 is 6.06. The Labute approximate surface area is 108 Å². The first-order valence-corrected chi connectivity index (χ1v) is 6.76. The van der Waals surface area contributed by atoms with Gasteiger partial charge >= 0.3 is 0 Å². The zero-order valence-corrected chi connectivity index (χ0v) is 10.9. The molecule has 0 N–H and O–H groups in total. The molecule has 1 aliphatic carbocycles. The van der Waals surface area contributed by atoms with E-state index in [1.807, 2.05) is 18.2 Å². The minimum atomic E-state index is 0.260. The molecule has 17 heavy (non-hydrogen) atoms. The molecule has 2 nitrogen and oxygen atoms in total. The van der Waals surface area contributed by atoms with Crippen molar-refractivity contribution in [3.63, 3.8) is 0 Å². The van der Waals surface area contributed by atoms with E-state index in [1.54, 1.807) is 0 Å². The molecular formula is C14H18ClNO. The summed E-state index contributed by atoms with van der Waals surface area (Å²) in [6, 6.07) is 5.94. The van der Waals surface area contributed by atoms with Crippen LogP contribution in [0.15, 0.2) is 18.2 Å². The summed E-state index contributed by atoms with van der Waals surface area (Å²) in [6.07, 6.45) is 3.05. The zero-order chi connectivity index (χ0) is 11.8. The lowest BCUT2D eigenvalue weighted by Crippen LogP contribution is -2.32. The minimum Gasteiger partial charge on any atom is -0.489 e. The van der Waals surface area contributed by atoms with Gasteiger partial charge in [0.15, 0.2) is 0 Å². The van der Waals surface area contributed by atoms with Crippen molar-refractivity contribution in [3.8, 4) is 5.75 Å². The van der Waals surface area contributed by atoms with Gasteiger partial charge in [0.1, 0.15) is 11.9 Å². The van der Waals surface area contributed by atoms with E-state index in [4.69, 9.17) is 16.3 Å². The molecular weight excluding hydrogens is 234 g/mol. The van der Waals surface area contributed by atoms with Crippen molar-refractivity contribution in [1.29, 1.82) is 0 Å². The molecule has 0 spiro atoms. The highest BCUT2D eigenvalue weighted by Crippen LogP contribution is 2.33. The molecule has 1 fully saturated rings. The van der Waals surface area contributed by atoms with E-state index in [0.29, 0.717) is 0 Å². The second-order valence-corrected chi connectivity index (χ2v) is 5.75. The van der Waals surface area contributed by atoms with Gasteiger partial charge in [-0.3, -0.25) is 4.90 Å². The molecule has 1 saturated carbocycles. The number of ether oxygens (including phenoxy) is 1. The van der Waals surface area contributed by atoms with E-state index in [-0.39, 0.29) is 6.10 Å². The van der Waals surface area contributed by atoms with Crippen LogP contribution in [0.2, 0.25) is 5.02 Å². The smallest absolute Gasteiger partial charge is 0.124 e. The van der Waals surface area contributed by atoms with Gasteiger partial charge in [-0.1, -0.05) is 11.6 Å². The average molecular weight is 252 g/mol. The van der Waals surface area contributed by atoms with Crippen molar-refractivity contribution < 1.29 is 4.74 Å². The van der Waals surface area contributed by atoms with Gasteiger partial charge in [0, 0.05) is 30.2 Å². The number of hydrogen-bond acceptors (Lipinski definition) is 2. The molecule has 0 radical (unpaired) electrons. The maximum absolute atomic E-state index is 6.06. The van der Waals surface area contributed by atoms with Crippen LogP contribution in [0.1, 0.15) is 25.3 Å². The molecule has 1 heterocycles. The maximum Gasteiger partial charge on any atom is 0.124 e. The Morgan fingerprint density at radius 1 is 1.41 bits per heavy atom. The average Bonchev–Trinajstić information content (AvgIpc) is 3.05. The number of fused-ring (bicyclic) bond motifs is 1. The molecule has 1 aromatic carbocycles. The zero-order valence-electron chi connectivity index (χ0n) is 10.2. The molecule has 0 saturated heterocycles. The lowest BCUT2D eigenvalue weighted by Gasteiger charge is -2.21. The summed E-state index contributed by atoms with van der Waals surface area (Å²) in [5, 5.41) is 0.799. The third kappa shape index (κ3) is 2.75. The number of benzene rings is 1. The normalized spacial score (nSPS) is 24.9. The standard InChI is InChI=1S/C14H18ClNO/c1-10-7-16(8-11-2-3-11)9-12-6-13(15)4-5-14(12)17-10/h4-6,10-11H,2-3,7-9H2,1H3. The fraction of sp³-hybridized carbons (Fsp3) is 0.571. The number of hydrogen-bond donors (Lipinski definition) is 0. The van der Waals surface area contributed by atoms with Crippen molar-refractivity contribution in [3.05, 3.63) is 28.8 Å². The van der Waals surface area contributed by atoms with Crippen LogP contribution in [-0.2, 0) is 6.54 Å². The van der Waals surface area contributed by atoms with E-state index < -0.39 is 0 Å². The van der Waals surface area contributed by atoms with Crippen molar-refractivity contribution in [2.45, 2.75) is 32.4 Å². The van der Waals surface area contributed by atoms with E-state index >= 15 is 0 Å². The fourth-order valence-electron chi connectivity index (χ4n) is 2.51. The van der Waals surface area contributed by atoms with E-state index in [9.17, 15) is 0 Å². The Hall–Kier alpha value is -0.730. The summed E-state index contributed by atoms with van der Waals surface area (Å²) in [5.41, 5.74) is 1.22. The van der Waals surface area contributed by atoms with Gasteiger partial charge in [0.2, 0.25) is 0 Å². The predicted molar refractivity (Wildman–Crippen MR) is 69.5 cm³/mol. The molecule has 0 aromatic heterocycles. The van der Waals surface area contributed by atoms with Gasteiger partial charge in [-0.2, -0.15) is 0 Å². The molecule has 3 rings (SSSR count). The summed E-state index contributed by atoms with van der Waals surface area (Å²) in [7, 11) is 0. The monoisotopic (exact) mass is 251 g/mol. The van der Waals surface area contributed by atoms with Crippen LogP contribution in [0.25, 0.3) is 0 Å². The summed E-state index contributed by atoms with van der Waals surface area (Å²) in [4.78, 5) is 2.50. The van der Waals surface area contributed by atoms with Gasteiger partial charge < -0.3 is 4.74 Å². The third-order valence-corrected chi connectivity index (χ3v) is 3.71. The van der Waals surface area contributed by atoms with Crippen LogP contribution in [0.4, 0.5) is 0 Å². The largest absolute Gasteiger partial charge is 0.489 e. The highest BCUT2D eigenvalue weighted by Gasteiger charge is 2.27. The van der Waals surface area contributed by atoms with Gasteiger partial charge in [-0.15, -0.1) is 0 Å². The third-order valence-electron chi connectivity index (χ3n) is 3.47. The quantitative estimate of drug-likeness (QED) is 0.800. The lowest BCUT2D eigenvalue weighted by atomic mass is 10.2. The van der Waals surface area contributed by atoms with Crippen LogP contribution in [-0.4, -0.2) is 24.1 Å². The number of rotatable bonds is 2. The second kappa shape index (κ2) is 4.51. The summed E-state index contributed by atoms with van der Waals surface area (Å²) < 4.78 is 5.94. The first kappa shape index (κ1) is 11.4. The molecule has 1 unspecified atom stereocenters. The first-order valence-electron chi connectivity index (χ1n) is 6.38. The van der Waals surface area contributed by atoms with Crippen LogP contribution in [0.3, 0.4) is 0 Å². The Morgan fingerprint density at radius 3 is 3.00 bits per heavy atom. The van der Waals surface area contributed by atoms with Gasteiger partial charge in [0.05, 0.1) is 0 Å². The Bertz CT molecular complexity index is 417. The highest BCUT2D eigenvalue weighted by atomic mass is 35.5. The fourth-order valence-corrected chi connectivity index (χ4v) is 2.71. The number of nitrogens with zero attached hydrogens (tertiary/aromatic N) is 1. The molecule has 1 atom stereocenters. The highest BCUT2D eigenvalue weighted by molar-refractivity contribution is 6.30. The van der Waals surface area contributed by atoms with E-state index in [0.717, 1.165) is 29.8 Å². The Kier molecular flexibility index (Phi) is 3.01. The van der Waals surface area contributed by atoms with E-state index in [2.05, 4.69) is 11.8 Å². The topological polar surface area (TPSA) is 12.5 Å². The maximum atomic E-state index is 6.06. The molecule has 92 valence electrons. The predicted octanol–water partition coefficient (Wildman–Crippen LogP) is 3.33. The van der Waals surface area contributed by atoms with Gasteiger partial charge in [-0.05, 0) is 43.9 Å². The first-order chi connectivity index (χ1) is 8.20. The van der Waals surface area contributed by atoms with Crippen LogP contribution >= 0.6 is 11.6 Å². The molecule has 3 heteroatoms. The summed E-state index contributed by atoms with van der Waals surface area (Å²) in [5.74, 6) is 1.92. The molecule has 2 aliphatic rings. The molecule has 0 bridgehead atoms. The van der Waals surface area contributed by atoms with Crippen LogP contribution < -0.4 is 4.74 Å². The SMILES string of the molecule is CC1CN(CC2CC2)Cc2cc(Cl)ccc2O1. The molecule has 1 aromatic rings. The number of halogens is 1. The lowest BCUT2D eigenvalue weighted by molar-refractivity contribution is 0.157. The Morgan fingerprint density at radius 2 is 2.24 bits per heavy atom. The van der Waals surface area contributed by atoms with Gasteiger partial charge in [-0.25, -0.2) is 0 Å². The van der Waals surface area contributed by atoms with Crippen molar-refractivity contribution in [2.75, 3.05) is 13.1 Å². The van der Waals surface area contributed by atoms with Crippen molar-refractivity contribution in [1.82, 2.24) is 4.90 Å². The Balaban J connectivity index is 1.82. The molecule has 0 amide bonds. The minimum absolute atomic E-state index is 0.260. The van der Waals surface area contributed by atoms with Crippen molar-refractivity contribution >= 4 is 11.6 Å². The van der Waals surface area contributed by atoms with E-state index in [1.165, 1.54) is 24.9 Å². The summed E-state index contributed by atoms with van der Waals surface area (Å²) in [6.45, 7) is 5.34. The van der Waals surface area contributed by atoms with Gasteiger partial charge in [0.25, 0.3) is 0 Å².